The van der Waals surface area contributed by atoms with Crippen molar-refractivity contribution in [3.63, 3.8) is 0 Å². The Morgan fingerprint density at radius 3 is 2.44 bits per heavy atom. The largest absolute Gasteiger partial charge is 0.497 e. The van der Waals surface area contributed by atoms with E-state index in [1.807, 2.05) is 44.2 Å². The molecule has 0 fully saturated rings. The second kappa shape index (κ2) is 9.49. The molecule has 2 rings (SSSR count). The van der Waals surface area contributed by atoms with E-state index < -0.39 is 0 Å². The molecule has 0 unspecified atom stereocenters. The number of methoxy groups -OCH3 is 1. The molecule has 1 atom stereocenters. The van der Waals surface area contributed by atoms with Crippen LogP contribution >= 0.6 is 12.4 Å². The van der Waals surface area contributed by atoms with Crippen LogP contribution in [0.25, 0.3) is 5.69 Å². The minimum Gasteiger partial charge on any atom is -0.497 e. The number of nitrogens with one attached hydrogen (secondary N) is 2. The fraction of sp³-hybridized carbons (Fsp3) is 0.421. The SMILES string of the molecule is CCN[C@H](C)CNC(=O)c1cc(C)n(-c2ccc(OC)cc2)c1C.Cl. The number of halogens is 1. The van der Waals surface area contributed by atoms with Gasteiger partial charge in [-0.15, -0.1) is 12.4 Å². The molecule has 138 valence electrons. The number of hydrogen-bond acceptors (Lipinski definition) is 3. The second-order valence-electron chi connectivity index (χ2n) is 5.99. The number of carbonyl (C=O) groups is 1. The Kier molecular flexibility index (Phi) is 8.00. The molecule has 6 heteroatoms. The maximum atomic E-state index is 12.5. The Balaban J connectivity index is 0.00000312. The minimum atomic E-state index is -0.0346. The first-order valence-corrected chi connectivity index (χ1v) is 8.32. The van der Waals surface area contributed by atoms with Gasteiger partial charge < -0.3 is 19.9 Å². The average Bonchev–Trinajstić information content (AvgIpc) is 2.88. The van der Waals surface area contributed by atoms with Crippen molar-refractivity contribution in [3.8, 4) is 11.4 Å². The molecule has 0 aliphatic carbocycles. The third kappa shape index (κ3) is 5.00. The van der Waals surface area contributed by atoms with Gasteiger partial charge in [-0.25, -0.2) is 0 Å². The topological polar surface area (TPSA) is 55.3 Å². The molecular weight excluding hydrogens is 338 g/mol. The Morgan fingerprint density at radius 2 is 1.88 bits per heavy atom. The predicted molar refractivity (Wildman–Crippen MR) is 105 cm³/mol. The van der Waals surface area contributed by atoms with Gasteiger partial charge in [0, 0.05) is 29.7 Å². The highest BCUT2D eigenvalue weighted by molar-refractivity contribution is 5.96. The highest BCUT2D eigenvalue weighted by Crippen LogP contribution is 2.22. The van der Waals surface area contributed by atoms with Crippen LogP contribution in [-0.2, 0) is 0 Å². The number of hydrogen-bond donors (Lipinski definition) is 2. The highest BCUT2D eigenvalue weighted by atomic mass is 35.5. The summed E-state index contributed by atoms with van der Waals surface area (Å²) >= 11 is 0. The number of likely N-dealkylation sites (N-methyl/N-ethyl adjacent to an activating group) is 1. The Bertz CT molecular complexity index is 695. The van der Waals surface area contributed by atoms with Crippen LogP contribution in [0.5, 0.6) is 5.75 Å². The van der Waals surface area contributed by atoms with Gasteiger partial charge in [-0.05, 0) is 57.6 Å². The smallest absolute Gasteiger partial charge is 0.253 e. The number of benzene rings is 1. The summed E-state index contributed by atoms with van der Waals surface area (Å²) in [5, 5.41) is 6.29. The predicted octanol–water partition coefficient (Wildman–Crippen LogP) is 3.25. The van der Waals surface area contributed by atoms with Crippen LogP contribution in [0.4, 0.5) is 0 Å². The van der Waals surface area contributed by atoms with Gasteiger partial charge >= 0.3 is 0 Å². The van der Waals surface area contributed by atoms with Crippen molar-refractivity contribution < 1.29 is 9.53 Å². The van der Waals surface area contributed by atoms with Gasteiger partial charge in [0.1, 0.15) is 5.75 Å². The van der Waals surface area contributed by atoms with Crippen LogP contribution in [0.3, 0.4) is 0 Å². The molecule has 2 N–H and O–H groups in total. The zero-order chi connectivity index (χ0) is 17.7. The Hall–Kier alpha value is -1.98. The number of carbonyl (C=O) groups excluding carboxylic acids is 1. The van der Waals surface area contributed by atoms with Gasteiger partial charge in [0.2, 0.25) is 0 Å². The summed E-state index contributed by atoms with van der Waals surface area (Å²) in [7, 11) is 1.65. The molecule has 1 aromatic heterocycles. The normalized spacial score (nSPS) is 11.6. The molecule has 0 aliphatic heterocycles. The van der Waals surface area contributed by atoms with Gasteiger partial charge in [0.15, 0.2) is 0 Å². The van der Waals surface area contributed by atoms with Gasteiger partial charge in [-0.1, -0.05) is 6.92 Å². The Labute approximate surface area is 156 Å². The molecule has 1 heterocycles. The number of aryl methyl sites for hydroxylation is 1. The van der Waals surface area contributed by atoms with Gasteiger partial charge in [0.25, 0.3) is 5.91 Å². The average molecular weight is 366 g/mol. The third-order valence-electron chi connectivity index (χ3n) is 4.13. The van der Waals surface area contributed by atoms with Gasteiger partial charge in [-0.3, -0.25) is 4.79 Å². The molecule has 0 spiro atoms. The van der Waals surface area contributed by atoms with E-state index in [-0.39, 0.29) is 24.4 Å². The zero-order valence-corrected chi connectivity index (χ0v) is 16.4. The fourth-order valence-corrected chi connectivity index (χ4v) is 2.88. The van der Waals surface area contributed by atoms with Gasteiger partial charge in [0.05, 0.1) is 12.7 Å². The third-order valence-corrected chi connectivity index (χ3v) is 4.13. The summed E-state index contributed by atoms with van der Waals surface area (Å²) in [6, 6.07) is 10.0. The van der Waals surface area contributed by atoms with Crippen molar-refractivity contribution in [1.82, 2.24) is 15.2 Å². The summed E-state index contributed by atoms with van der Waals surface area (Å²) in [6.45, 7) is 9.60. The number of amides is 1. The molecule has 0 radical (unpaired) electrons. The minimum absolute atomic E-state index is 0. The lowest BCUT2D eigenvalue weighted by Crippen LogP contribution is -2.38. The lowest BCUT2D eigenvalue weighted by atomic mass is 10.2. The van der Waals surface area contributed by atoms with E-state index in [0.717, 1.165) is 29.4 Å². The van der Waals surface area contributed by atoms with E-state index in [9.17, 15) is 4.79 Å². The Morgan fingerprint density at radius 1 is 1.24 bits per heavy atom. The molecule has 0 aliphatic rings. The lowest BCUT2D eigenvalue weighted by Gasteiger charge is -2.13. The zero-order valence-electron chi connectivity index (χ0n) is 15.6. The first-order valence-electron chi connectivity index (χ1n) is 8.32. The first-order chi connectivity index (χ1) is 11.5. The molecule has 0 saturated heterocycles. The van der Waals surface area contributed by atoms with Crippen molar-refractivity contribution in [1.29, 1.82) is 0 Å². The molecule has 0 bridgehead atoms. The summed E-state index contributed by atoms with van der Waals surface area (Å²) in [4.78, 5) is 12.5. The van der Waals surface area contributed by atoms with Crippen LogP contribution in [-0.4, -0.2) is 36.7 Å². The summed E-state index contributed by atoms with van der Waals surface area (Å²) in [5.74, 6) is 0.782. The summed E-state index contributed by atoms with van der Waals surface area (Å²) in [6.07, 6.45) is 0. The lowest BCUT2D eigenvalue weighted by molar-refractivity contribution is 0.0949. The highest BCUT2D eigenvalue weighted by Gasteiger charge is 2.17. The van der Waals surface area contributed by atoms with Gasteiger partial charge in [-0.2, -0.15) is 0 Å². The van der Waals surface area contributed by atoms with E-state index in [4.69, 9.17) is 4.74 Å². The van der Waals surface area contributed by atoms with Crippen molar-refractivity contribution in [3.05, 3.63) is 47.3 Å². The number of rotatable bonds is 7. The number of aromatic nitrogens is 1. The number of nitrogens with zero attached hydrogens (tertiary/aromatic N) is 1. The maximum Gasteiger partial charge on any atom is 0.253 e. The van der Waals surface area contributed by atoms with Crippen molar-refractivity contribution in [2.45, 2.75) is 33.7 Å². The summed E-state index contributed by atoms with van der Waals surface area (Å²) < 4.78 is 7.29. The van der Waals surface area contributed by atoms with Crippen LogP contribution in [0.1, 0.15) is 35.6 Å². The molecule has 2 aromatic rings. The van der Waals surface area contributed by atoms with E-state index in [0.29, 0.717) is 12.1 Å². The molecule has 1 aromatic carbocycles. The van der Waals surface area contributed by atoms with Crippen molar-refractivity contribution in [2.24, 2.45) is 0 Å². The van der Waals surface area contributed by atoms with Crippen LogP contribution in [0, 0.1) is 13.8 Å². The molecule has 1 amide bonds. The summed E-state index contributed by atoms with van der Waals surface area (Å²) in [5.41, 5.74) is 3.70. The van der Waals surface area contributed by atoms with Crippen molar-refractivity contribution >= 4 is 18.3 Å². The maximum absolute atomic E-state index is 12.5. The quantitative estimate of drug-likeness (QED) is 0.791. The van der Waals surface area contributed by atoms with E-state index in [1.165, 1.54) is 0 Å². The molecule has 0 saturated carbocycles. The van der Waals surface area contributed by atoms with Crippen molar-refractivity contribution in [2.75, 3.05) is 20.2 Å². The standard InChI is InChI=1S/C19H27N3O2.ClH/c1-6-20-13(2)12-21-19(23)18-11-14(3)22(15(18)4)16-7-9-17(24-5)10-8-16;/h7-11,13,20H,6,12H2,1-5H3,(H,21,23);1H/t13-;/m1./s1. The molecule has 25 heavy (non-hydrogen) atoms. The molecular formula is C19H28ClN3O2. The van der Waals surface area contributed by atoms with Crippen LogP contribution < -0.4 is 15.4 Å². The first kappa shape index (κ1) is 21.1. The molecule has 5 nitrogen and oxygen atoms in total. The fourth-order valence-electron chi connectivity index (χ4n) is 2.88. The second-order valence-corrected chi connectivity index (χ2v) is 5.99. The van der Waals surface area contributed by atoms with E-state index >= 15 is 0 Å². The number of ether oxygens (including phenoxy) is 1. The van der Waals surface area contributed by atoms with Crippen LogP contribution in [0.2, 0.25) is 0 Å². The van der Waals surface area contributed by atoms with E-state index in [1.54, 1.807) is 7.11 Å². The monoisotopic (exact) mass is 365 g/mol. The van der Waals surface area contributed by atoms with Crippen LogP contribution in [0.15, 0.2) is 30.3 Å². The van der Waals surface area contributed by atoms with E-state index in [2.05, 4.69) is 29.0 Å².